The molecule has 138 valence electrons. The van der Waals surface area contributed by atoms with Crippen molar-refractivity contribution < 1.29 is 9.59 Å². The highest BCUT2D eigenvalue weighted by Crippen LogP contribution is 2.24. The van der Waals surface area contributed by atoms with Crippen molar-refractivity contribution in [2.45, 2.75) is 24.3 Å². The molecule has 2 aromatic carbocycles. The van der Waals surface area contributed by atoms with E-state index in [4.69, 9.17) is 0 Å². The fraction of sp³-hybridized carbons (Fsp3) is 0.167. The second kappa shape index (κ2) is 8.45. The normalized spacial score (nSPS) is 11.6. The van der Waals surface area contributed by atoms with E-state index in [9.17, 15) is 9.59 Å². The number of hydrogen-bond donors (Lipinski definition) is 2. The van der Waals surface area contributed by atoms with Crippen LogP contribution in [0.1, 0.15) is 13.8 Å². The number of nitrogens with one attached hydrogen (secondary N) is 2. The molecule has 1 heterocycles. The standard InChI is InChI=1S/C18H18N6O2S/c1-12(17(26)20-15-10-8-14(9-11-15)19-13(2)25)27-18-21-22-23-24(18)16-6-4-3-5-7-16/h3-12H,1-2H3,(H,19,25)(H,20,26). The second-order valence-corrected chi connectivity index (χ2v) is 7.02. The summed E-state index contributed by atoms with van der Waals surface area (Å²) in [6, 6.07) is 16.4. The maximum Gasteiger partial charge on any atom is 0.237 e. The molecule has 0 aliphatic rings. The number of benzene rings is 2. The number of amides is 2. The highest BCUT2D eigenvalue weighted by Gasteiger charge is 2.19. The van der Waals surface area contributed by atoms with Crippen LogP contribution in [0.4, 0.5) is 11.4 Å². The van der Waals surface area contributed by atoms with Gasteiger partial charge in [-0.3, -0.25) is 9.59 Å². The lowest BCUT2D eigenvalue weighted by molar-refractivity contribution is -0.115. The van der Waals surface area contributed by atoms with Gasteiger partial charge in [0, 0.05) is 18.3 Å². The Morgan fingerprint density at radius 2 is 1.63 bits per heavy atom. The Balaban J connectivity index is 1.63. The third-order valence-electron chi connectivity index (χ3n) is 3.57. The molecule has 1 aromatic heterocycles. The summed E-state index contributed by atoms with van der Waals surface area (Å²) < 4.78 is 1.59. The number of hydrogen-bond acceptors (Lipinski definition) is 6. The van der Waals surface area contributed by atoms with Gasteiger partial charge in [0.15, 0.2) is 0 Å². The maximum absolute atomic E-state index is 12.5. The SMILES string of the molecule is CC(=O)Nc1ccc(NC(=O)C(C)Sc2nnnn2-c2ccccc2)cc1. The molecule has 0 spiro atoms. The molecule has 1 unspecified atom stereocenters. The number of thioether (sulfide) groups is 1. The molecule has 0 fully saturated rings. The van der Waals surface area contributed by atoms with E-state index in [-0.39, 0.29) is 11.8 Å². The van der Waals surface area contributed by atoms with Crippen LogP contribution in [0.2, 0.25) is 0 Å². The number of aromatic nitrogens is 4. The predicted octanol–water partition coefficient (Wildman–Crippen LogP) is 2.74. The van der Waals surface area contributed by atoms with Crippen LogP contribution in [0.3, 0.4) is 0 Å². The number of tetrazole rings is 1. The van der Waals surface area contributed by atoms with Crippen LogP contribution in [0.5, 0.6) is 0 Å². The highest BCUT2D eigenvalue weighted by molar-refractivity contribution is 8.00. The third kappa shape index (κ3) is 4.91. The van der Waals surface area contributed by atoms with Gasteiger partial charge < -0.3 is 10.6 Å². The molecule has 0 radical (unpaired) electrons. The van der Waals surface area contributed by atoms with E-state index in [0.29, 0.717) is 16.5 Å². The molecule has 3 aromatic rings. The van der Waals surface area contributed by atoms with Crippen LogP contribution in [0, 0.1) is 0 Å². The van der Waals surface area contributed by atoms with Gasteiger partial charge in [-0.05, 0) is 53.7 Å². The molecule has 0 saturated heterocycles. The smallest absolute Gasteiger partial charge is 0.237 e. The second-order valence-electron chi connectivity index (χ2n) is 5.72. The van der Waals surface area contributed by atoms with E-state index in [1.165, 1.54) is 18.7 Å². The Bertz CT molecular complexity index is 927. The molecule has 27 heavy (non-hydrogen) atoms. The van der Waals surface area contributed by atoms with Gasteiger partial charge in [-0.2, -0.15) is 4.68 Å². The van der Waals surface area contributed by atoms with E-state index >= 15 is 0 Å². The van der Waals surface area contributed by atoms with Gasteiger partial charge in [0.25, 0.3) is 0 Å². The molecule has 0 saturated carbocycles. The van der Waals surface area contributed by atoms with Crippen molar-refractivity contribution in [2.75, 3.05) is 10.6 Å². The number of carbonyl (C=O) groups excluding carboxylic acids is 2. The average Bonchev–Trinajstić information content (AvgIpc) is 3.11. The number of para-hydroxylation sites is 1. The van der Waals surface area contributed by atoms with Crippen molar-refractivity contribution in [3.8, 4) is 5.69 Å². The van der Waals surface area contributed by atoms with Crippen molar-refractivity contribution in [3.05, 3.63) is 54.6 Å². The maximum atomic E-state index is 12.5. The summed E-state index contributed by atoms with van der Waals surface area (Å²) in [6.07, 6.45) is 0. The topological polar surface area (TPSA) is 102 Å². The van der Waals surface area contributed by atoms with Gasteiger partial charge in [0.1, 0.15) is 0 Å². The Morgan fingerprint density at radius 1 is 1.00 bits per heavy atom. The molecule has 1 atom stereocenters. The molecular formula is C18H18N6O2S. The Kier molecular flexibility index (Phi) is 5.82. The predicted molar refractivity (Wildman–Crippen MR) is 104 cm³/mol. The van der Waals surface area contributed by atoms with E-state index in [2.05, 4.69) is 26.2 Å². The number of nitrogens with zero attached hydrogens (tertiary/aromatic N) is 4. The molecule has 2 N–H and O–H groups in total. The summed E-state index contributed by atoms with van der Waals surface area (Å²) in [5.41, 5.74) is 2.14. The Hall–Kier alpha value is -3.20. The first kappa shape index (κ1) is 18.6. The van der Waals surface area contributed by atoms with E-state index < -0.39 is 5.25 Å². The molecule has 2 amide bonds. The molecular weight excluding hydrogens is 364 g/mol. The zero-order valence-corrected chi connectivity index (χ0v) is 15.6. The van der Waals surface area contributed by atoms with Gasteiger partial charge >= 0.3 is 0 Å². The third-order valence-corrected chi connectivity index (χ3v) is 4.60. The molecule has 0 aliphatic heterocycles. The van der Waals surface area contributed by atoms with Crippen LogP contribution >= 0.6 is 11.8 Å². The molecule has 0 aliphatic carbocycles. The van der Waals surface area contributed by atoms with Gasteiger partial charge in [-0.15, -0.1) is 5.10 Å². The van der Waals surface area contributed by atoms with Crippen molar-refractivity contribution in [1.82, 2.24) is 20.2 Å². The number of rotatable bonds is 6. The minimum absolute atomic E-state index is 0.145. The van der Waals surface area contributed by atoms with Crippen LogP contribution in [-0.2, 0) is 9.59 Å². The summed E-state index contributed by atoms with van der Waals surface area (Å²) in [6.45, 7) is 3.23. The van der Waals surface area contributed by atoms with Gasteiger partial charge in [0.2, 0.25) is 17.0 Å². The van der Waals surface area contributed by atoms with Crippen LogP contribution in [0.25, 0.3) is 5.69 Å². The van der Waals surface area contributed by atoms with Gasteiger partial charge in [0.05, 0.1) is 10.9 Å². The fourth-order valence-corrected chi connectivity index (χ4v) is 3.09. The lowest BCUT2D eigenvalue weighted by atomic mass is 10.2. The number of carbonyl (C=O) groups is 2. The lowest BCUT2D eigenvalue weighted by Gasteiger charge is -2.12. The minimum Gasteiger partial charge on any atom is -0.326 e. The van der Waals surface area contributed by atoms with Crippen molar-refractivity contribution in [3.63, 3.8) is 0 Å². The monoisotopic (exact) mass is 382 g/mol. The van der Waals surface area contributed by atoms with Crippen molar-refractivity contribution >= 4 is 35.0 Å². The fourth-order valence-electron chi connectivity index (χ4n) is 2.28. The van der Waals surface area contributed by atoms with Gasteiger partial charge in [-0.25, -0.2) is 0 Å². The quantitative estimate of drug-likeness (QED) is 0.636. The van der Waals surface area contributed by atoms with Gasteiger partial charge in [-0.1, -0.05) is 30.0 Å². The first-order chi connectivity index (χ1) is 13.0. The largest absolute Gasteiger partial charge is 0.326 e. The van der Waals surface area contributed by atoms with Crippen molar-refractivity contribution in [2.24, 2.45) is 0 Å². The van der Waals surface area contributed by atoms with Crippen LogP contribution in [-0.4, -0.2) is 37.3 Å². The van der Waals surface area contributed by atoms with Crippen LogP contribution in [0.15, 0.2) is 59.8 Å². The minimum atomic E-state index is -0.409. The van der Waals surface area contributed by atoms with E-state index in [0.717, 1.165) is 5.69 Å². The van der Waals surface area contributed by atoms with E-state index in [1.54, 1.807) is 35.9 Å². The Labute approximate surface area is 160 Å². The first-order valence-electron chi connectivity index (χ1n) is 8.22. The summed E-state index contributed by atoms with van der Waals surface area (Å²) in [5, 5.41) is 17.3. The lowest BCUT2D eigenvalue weighted by Crippen LogP contribution is -2.23. The summed E-state index contributed by atoms with van der Waals surface area (Å²) >= 11 is 1.27. The summed E-state index contributed by atoms with van der Waals surface area (Å²) in [4.78, 5) is 23.5. The zero-order chi connectivity index (χ0) is 19.2. The summed E-state index contributed by atoms with van der Waals surface area (Å²) in [5.74, 6) is -0.317. The summed E-state index contributed by atoms with van der Waals surface area (Å²) in [7, 11) is 0. The molecule has 9 heteroatoms. The first-order valence-corrected chi connectivity index (χ1v) is 9.10. The van der Waals surface area contributed by atoms with E-state index in [1.807, 2.05) is 30.3 Å². The Morgan fingerprint density at radius 3 is 2.26 bits per heavy atom. The molecule has 8 nitrogen and oxygen atoms in total. The zero-order valence-electron chi connectivity index (χ0n) is 14.8. The molecule has 3 rings (SSSR count). The average molecular weight is 382 g/mol. The highest BCUT2D eigenvalue weighted by atomic mass is 32.2. The number of anilines is 2. The molecule has 0 bridgehead atoms. The van der Waals surface area contributed by atoms with Crippen LogP contribution < -0.4 is 10.6 Å². The van der Waals surface area contributed by atoms with Crippen molar-refractivity contribution in [1.29, 1.82) is 0 Å².